The number of nitrogens with one attached hydrogen (secondary N) is 1. The van der Waals surface area contributed by atoms with E-state index in [4.69, 9.17) is 0 Å². The normalized spacial score (nSPS) is 21.4. The van der Waals surface area contributed by atoms with E-state index in [0.717, 1.165) is 19.3 Å². The van der Waals surface area contributed by atoms with Crippen molar-refractivity contribution >= 4 is 6.29 Å². The summed E-state index contributed by atoms with van der Waals surface area (Å²) in [6.45, 7) is 1.01. The second kappa shape index (κ2) is 2.48. The van der Waals surface area contributed by atoms with Gasteiger partial charge in [0, 0.05) is 13.0 Å². The monoisotopic (exact) mass is 127 g/mol. The fourth-order valence-corrected chi connectivity index (χ4v) is 1.18. The average molecular weight is 127 g/mol. The number of carbonyl (C=O) groups is 1. The number of hydrogen-bond acceptors (Lipinski definition) is 2. The number of hydrogen-bond donors (Lipinski definition) is 1. The molecule has 0 saturated heterocycles. The maximum atomic E-state index is 10.1. The standard InChI is InChI=1S/C7H13NO/c1-8-6-7(2-3-7)4-5-9/h5,8H,2-4,6H2,1H3. The Balaban J connectivity index is 2.24. The SMILES string of the molecule is CNCC1(CC=O)CC1. The summed E-state index contributed by atoms with van der Waals surface area (Å²) >= 11 is 0. The number of carbonyl (C=O) groups excluding carboxylic acids is 1. The summed E-state index contributed by atoms with van der Waals surface area (Å²) in [5.41, 5.74) is 0.372. The van der Waals surface area contributed by atoms with Crippen molar-refractivity contribution < 1.29 is 4.79 Å². The van der Waals surface area contributed by atoms with E-state index >= 15 is 0 Å². The molecule has 9 heavy (non-hydrogen) atoms. The molecule has 52 valence electrons. The highest BCUT2D eigenvalue weighted by Crippen LogP contribution is 2.47. The molecule has 1 fully saturated rings. The van der Waals surface area contributed by atoms with Crippen LogP contribution in [0, 0.1) is 5.41 Å². The highest BCUT2D eigenvalue weighted by atomic mass is 16.1. The quantitative estimate of drug-likeness (QED) is 0.559. The van der Waals surface area contributed by atoms with E-state index in [-0.39, 0.29) is 0 Å². The minimum atomic E-state index is 0.372. The van der Waals surface area contributed by atoms with Crippen molar-refractivity contribution in [2.75, 3.05) is 13.6 Å². The molecule has 1 rings (SSSR count). The van der Waals surface area contributed by atoms with Crippen LogP contribution in [-0.2, 0) is 4.79 Å². The summed E-state index contributed by atoms with van der Waals surface area (Å²) in [7, 11) is 1.94. The third-order valence-electron chi connectivity index (χ3n) is 2.03. The highest BCUT2D eigenvalue weighted by molar-refractivity contribution is 5.51. The first-order valence-electron chi connectivity index (χ1n) is 3.41. The molecule has 0 spiro atoms. The maximum Gasteiger partial charge on any atom is 0.120 e. The Morgan fingerprint density at radius 3 is 2.67 bits per heavy atom. The van der Waals surface area contributed by atoms with Gasteiger partial charge in [0.1, 0.15) is 6.29 Å². The Bertz CT molecular complexity index is 107. The van der Waals surface area contributed by atoms with Gasteiger partial charge in [-0.2, -0.15) is 0 Å². The molecule has 0 aromatic heterocycles. The van der Waals surface area contributed by atoms with E-state index in [2.05, 4.69) is 5.32 Å². The molecular formula is C7H13NO. The molecule has 0 aromatic carbocycles. The summed E-state index contributed by atoms with van der Waals surface area (Å²) < 4.78 is 0. The van der Waals surface area contributed by atoms with E-state index < -0.39 is 0 Å². The summed E-state index contributed by atoms with van der Waals surface area (Å²) in [5, 5.41) is 3.10. The molecule has 2 nitrogen and oxygen atoms in total. The Morgan fingerprint density at radius 2 is 2.33 bits per heavy atom. The Labute approximate surface area is 55.6 Å². The molecule has 0 atom stereocenters. The Hall–Kier alpha value is -0.370. The van der Waals surface area contributed by atoms with Crippen molar-refractivity contribution in [3.63, 3.8) is 0 Å². The van der Waals surface area contributed by atoms with Crippen LogP contribution in [0.3, 0.4) is 0 Å². The Kier molecular flexibility index (Phi) is 1.86. The summed E-state index contributed by atoms with van der Waals surface area (Å²) in [5.74, 6) is 0. The zero-order chi connectivity index (χ0) is 6.74. The van der Waals surface area contributed by atoms with Gasteiger partial charge in [0.15, 0.2) is 0 Å². The molecule has 0 bridgehead atoms. The van der Waals surface area contributed by atoms with Gasteiger partial charge in [-0.25, -0.2) is 0 Å². The van der Waals surface area contributed by atoms with Crippen molar-refractivity contribution in [3.05, 3.63) is 0 Å². The van der Waals surface area contributed by atoms with Gasteiger partial charge < -0.3 is 10.1 Å². The van der Waals surface area contributed by atoms with Crippen molar-refractivity contribution in [3.8, 4) is 0 Å². The van der Waals surface area contributed by atoms with Crippen LogP contribution in [-0.4, -0.2) is 19.9 Å². The minimum absolute atomic E-state index is 0.372. The van der Waals surface area contributed by atoms with Gasteiger partial charge in [0.05, 0.1) is 0 Å². The average Bonchev–Trinajstić information content (AvgIpc) is 2.51. The van der Waals surface area contributed by atoms with Crippen molar-refractivity contribution in [1.29, 1.82) is 0 Å². The largest absolute Gasteiger partial charge is 0.319 e. The molecule has 0 heterocycles. The highest BCUT2D eigenvalue weighted by Gasteiger charge is 2.40. The van der Waals surface area contributed by atoms with Crippen molar-refractivity contribution in [2.45, 2.75) is 19.3 Å². The molecule has 1 N–H and O–H groups in total. The molecule has 1 aliphatic rings. The van der Waals surface area contributed by atoms with Gasteiger partial charge >= 0.3 is 0 Å². The van der Waals surface area contributed by atoms with Crippen LogP contribution in [0.25, 0.3) is 0 Å². The van der Waals surface area contributed by atoms with Gasteiger partial charge in [0.2, 0.25) is 0 Å². The topological polar surface area (TPSA) is 29.1 Å². The smallest absolute Gasteiger partial charge is 0.120 e. The zero-order valence-corrected chi connectivity index (χ0v) is 5.81. The third-order valence-corrected chi connectivity index (χ3v) is 2.03. The summed E-state index contributed by atoms with van der Waals surface area (Å²) in [6, 6.07) is 0. The fraction of sp³-hybridized carbons (Fsp3) is 0.857. The van der Waals surface area contributed by atoms with Gasteiger partial charge in [-0.15, -0.1) is 0 Å². The minimum Gasteiger partial charge on any atom is -0.319 e. The van der Waals surface area contributed by atoms with E-state index in [1.807, 2.05) is 7.05 Å². The van der Waals surface area contributed by atoms with Crippen LogP contribution in [0.15, 0.2) is 0 Å². The first kappa shape index (κ1) is 6.75. The molecule has 2 heteroatoms. The lowest BCUT2D eigenvalue weighted by molar-refractivity contribution is -0.108. The molecule has 0 aromatic rings. The van der Waals surface area contributed by atoms with Gasteiger partial charge in [-0.3, -0.25) is 0 Å². The van der Waals surface area contributed by atoms with Crippen LogP contribution in [0.1, 0.15) is 19.3 Å². The summed E-state index contributed by atoms with van der Waals surface area (Å²) in [4.78, 5) is 10.1. The van der Waals surface area contributed by atoms with Gasteiger partial charge in [-0.1, -0.05) is 0 Å². The van der Waals surface area contributed by atoms with E-state index in [1.54, 1.807) is 0 Å². The van der Waals surface area contributed by atoms with Crippen LogP contribution in [0.2, 0.25) is 0 Å². The molecule has 0 aliphatic heterocycles. The van der Waals surface area contributed by atoms with Crippen LogP contribution < -0.4 is 5.32 Å². The molecule has 0 amide bonds. The maximum absolute atomic E-state index is 10.1. The molecule has 0 radical (unpaired) electrons. The second-order valence-corrected chi connectivity index (χ2v) is 2.90. The molecule has 1 aliphatic carbocycles. The first-order valence-corrected chi connectivity index (χ1v) is 3.41. The lowest BCUT2D eigenvalue weighted by Gasteiger charge is -2.08. The zero-order valence-electron chi connectivity index (χ0n) is 5.81. The number of aldehydes is 1. The van der Waals surface area contributed by atoms with Crippen molar-refractivity contribution in [1.82, 2.24) is 5.32 Å². The summed E-state index contributed by atoms with van der Waals surface area (Å²) in [6.07, 6.45) is 4.23. The van der Waals surface area contributed by atoms with Gasteiger partial charge in [-0.05, 0) is 25.3 Å². The van der Waals surface area contributed by atoms with Crippen LogP contribution >= 0.6 is 0 Å². The number of rotatable bonds is 4. The van der Waals surface area contributed by atoms with Gasteiger partial charge in [0.25, 0.3) is 0 Å². The van der Waals surface area contributed by atoms with Crippen LogP contribution in [0.4, 0.5) is 0 Å². The molecular weight excluding hydrogens is 114 g/mol. The van der Waals surface area contributed by atoms with E-state index in [9.17, 15) is 4.79 Å². The molecule has 1 saturated carbocycles. The predicted octanol–water partition coefficient (Wildman–Crippen LogP) is 0.575. The van der Waals surface area contributed by atoms with E-state index in [0.29, 0.717) is 5.41 Å². The van der Waals surface area contributed by atoms with Crippen molar-refractivity contribution in [2.24, 2.45) is 5.41 Å². The molecule has 0 unspecified atom stereocenters. The lowest BCUT2D eigenvalue weighted by Crippen LogP contribution is -2.20. The Morgan fingerprint density at radius 1 is 1.67 bits per heavy atom. The van der Waals surface area contributed by atoms with Crippen LogP contribution in [0.5, 0.6) is 0 Å². The predicted molar refractivity (Wildman–Crippen MR) is 36.3 cm³/mol. The second-order valence-electron chi connectivity index (χ2n) is 2.90. The fourth-order valence-electron chi connectivity index (χ4n) is 1.18. The van der Waals surface area contributed by atoms with E-state index in [1.165, 1.54) is 12.8 Å². The third kappa shape index (κ3) is 1.52. The lowest BCUT2D eigenvalue weighted by atomic mass is 10.0. The first-order chi connectivity index (χ1) is 4.33.